The molecule has 20 heavy (non-hydrogen) atoms. The van der Waals surface area contributed by atoms with Crippen LogP contribution in [0.4, 0.5) is 5.69 Å². The Hall–Kier alpha value is -1.18. The number of anilines is 1. The van der Waals surface area contributed by atoms with E-state index in [-0.39, 0.29) is 0 Å². The van der Waals surface area contributed by atoms with Crippen LogP contribution in [-0.4, -0.2) is 11.1 Å². The second kappa shape index (κ2) is 6.51. The molecule has 2 N–H and O–H groups in total. The number of hydrogen-bond donors (Lipinski definition) is 2. The SMILES string of the molecule is Cc1cc(NC2CCCC(C(C)C)CC2)c(C)cc1O. The minimum Gasteiger partial charge on any atom is -0.508 e. The van der Waals surface area contributed by atoms with Gasteiger partial charge in [-0.2, -0.15) is 0 Å². The van der Waals surface area contributed by atoms with Crippen molar-refractivity contribution in [2.75, 3.05) is 5.32 Å². The summed E-state index contributed by atoms with van der Waals surface area (Å²) in [7, 11) is 0. The third kappa shape index (κ3) is 3.68. The van der Waals surface area contributed by atoms with Crippen LogP contribution in [-0.2, 0) is 0 Å². The lowest BCUT2D eigenvalue weighted by Crippen LogP contribution is -2.19. The zero-order valence-corrected chi connectivity index (χ0v) is 13.4. The number of aromatic hydroxyl groups is 1. The first-order valence-corrected chi connectivity index (χ1v) is 8.04. The van der Waals surface area contributed by atoms with Crippen LogP contribution in [0.2, 0.25) is 0 Å². The molecule has 1 fully saturated rings. The van der Waals surface area contributed by atoms with E-state index in [1.165, 1.54) is 37.8 Å². The fourth-order valence-corrected chi connectivity index (χ4v) is 3.32. The van der Waals surface area contributed by atoms with Crippen molar-refractivity contribution in [3.05, 3.63) is 23.3 Å². The number of aryl methyl sites for hydroxylation is 2. The molecule has 2 rings (SSSR count). The van der Waals surface area contributed by atoms with E-state index in [0.29, 0.717) is 11.8 Å². The van der Waals surface area contributed by atoms with Crippen molar-refractivity contribution in [1.29, 1.82) is 0 Å². The van der Waals surface area contributed by atoms with Crippen molar-refractivity contribution >= 4 is 5.69 Å². The van der Waals surface area contributed by atoms with Crippen molar-refractivity contribution < 1.29 is 5.11 Å². The highest BCUT2D eigenvalue weighted by atomic mass is 16.3. The number of phenols is 1. The molecule has 1 aromatic carbocycles. The third-order valence-corrected chi connectivity index (χ3v) is 4.86. The maximum atomic E-state index is 9.74. The Labute approximate surface area is 123 Å². The van der Waals surface area contributed by atoms with Crippen molar-refractivity contribution in [1.82, 2.24) is 0 Å². The predicted molar refractivity (Wildman–Crippen MR) is 86.4 cm³/mol. The molecule has 0 heterocycles. The van der Waals surface area contributed by atoms with E-state index in [4.69, 9.17) is 0 Å². The Morgan fingerprint density at radius 2 is 1.80 bits per heavy atom. The summed E-state index contributed by atoms with van der Waals surface area (Å²) in [5.74, 6) is 2.10. The summed E-state index contributed by atoms with van der Waals surface area (Å²) in [5, 5.41) is 13.4. The third-order valence-electron chi connectivity index (χ3n) is 4.86. The molecule has 0 aromatic heterocycles. The average molecular weight is 275 g/mol. The Balaban J connectivity index is 2.02. The van der Waals surface area contributed by atoms with Crippen molar-refractivity contribution in [3.63, 3.8) is 0 Å². The first-order chi connectivity index (χ1) is 9.47. The topological polar surface area (TPSA) is 32.3 Å². The molecule has 1 aliphatic rings. The molecule has 2 atom stereocenters. The molecule has 1 aromatic rings. The summed E-state index contributed by atoms with van der Waals surface area (Å²) in [4.78, 5) is 0. The summed E-state index contributed by atoms with van der Waals surface area (Å²) >= 11 is 0. The lowest BCUT2D eigenvalue weighted by molar-refractivity contribution is 0.341. The minimum absolute atomic E-state index is 0.397. The van der Waals surface area contributed by atoms with Gasteiger partial charge in [-0.1, -0.05) is 26.7 Å². The van der Waals surface area contributed by atoms with Gasteiger partial charge >= 0.3 is 0 Å². The minimum atomic E-state index is 0.397. The highest BCUT2D eigenvalue weighted by molar-refractivity contribution is 5.57. The van der Waals surface area contributed by atoms with Gasteiger partial charge in [0.1, 0.15) is 5.75 Å². The van der Waals surface area contributed by atoms with Gasteiger partial charge in [-0.25, -0.2) is 0 Å². The maximum absolute atomic E-state index is 9.74. The van der Waals surface area contributed by atoms with Crippen molar-refractivity contribution in [2.45, 2.75) is 65.8 Å². The highest BCUT2D eigenvalue weighted by Crippen LogP contribution is 2.31. The second-order valence-corrected chi connectivity index (χ2v) is 6.81. The number of rotatable bonds is 3. The van der Waals surface area contributed by atoms with Crippen molar-refractivity contribution in [3.8, 4) is 5.75 Å². The molecule has 0 bridgehead atoms. The summed E-state index contributed by atoms with van der Waals surface area (Å²) in [6.45, 7) is 8.73. The van der Waals surface area contributed by atoms with Gasteiger partial charge in [0.25, 0.3) is 0 Å². The van der Waals surface area contributed by atoms with Crippen LogP contribution in [0.1, 0.15) is 57.1 Å². The number of benzene rings is 1. The fraction of sp³-hybridized carbons (Fsp3) is 0.667. The Morgan fingerprint density at radius 1 is 1.05 bits per heavy atom. The van der Waals surface area contributed by atoms with Crippen LogP contribution in [0, 0.1) is 25.7 Å². The lowest BCUT2D eigenvalue weighted by Gasteiger charge is -2.21. The Morgan fingerprint density at radius 3 is 2.50 bits per heavy atom. The van der Waals surface area contributed by atoms with E-state index in [2.05, 4.69) is 32.2 Å². The molecule has 0 saturated heterocycles. The van der Waals surface area contributed by atoms with Gasteiger partial charge in [0.05, 0.1) is 0 Å². The van der Waals surface area contributed by atoms with Crippen LogP contribution in [0.15, 0.2) is 12.1 Å². The number of hydrogen-bond acceptors (Lipinski definition) is 2. The van der Waals surface area contributed by atoms with E-state index in [9.17, 15) is 5.11 Å². The lowest BCUT2D eigenvalue weighted by atomic mass is 9.89. The maximum Gasteiger partial charge on any atom is 0.118 e. The molecule has 1 saturated carbocycles. The molecule has 0 spiro atoms. The summed E-state index contributed by atoms with van der Waals surface area (Å²) < 4.78 is 0. The first kappa shape index (κ1) is 15.2. The summed E-state index contributed by atoms with van der Waals surface area (Å²) in [5.41, 5.74) is 3.28. The summed E-state index contributed by atoms with van der Waals surface area (Å²) in [6.07, 6.45) is 6.58. The van der Waals surface area contributed by atoms with Gasteiger partial charge in [0.15, 0.2) is 0 Å². The van der Waals surface area contributed by atoms with E-state index >= 15 is 0 Å². The molecule has 0 radical (unpaired) electrons. The molecular weight excluding hydrogens is 246 g/mol. The Kier molecular flexibility index (Phi) is 4.95. The largest absolute Gasteiger partial charge is 0.508 e. The monoisotopic (exact) mass is 275 g/mol. The Bertz CT molecular complexity index is 453. The summed E-state index contributed by atoms with van der Waals surface area (Å²) in [6, 6.07) is 4.53. The van der Waals surface area contributed by atoms with E-state index < -0.39 is 0 Å². The van der Waals surface area contributed by atoms with Gasteiger partial charge in [0.2, 0.25) is 0 Å². The van der Waals surface area contributed by atoms with E-state index in [1.54, 1.807) is 0 Å². The van der Waals surface area contributed by atoms with Gasteiger partial charge in [-0.3, -0.25) is 0 Å². The molecule has 0 aliphatic heterocycles. The van der Waals surface area contributed by atoms with Crippen LogP contribution in [0.5, 0.6) is 5.75 Å². The van der Waals surface area contributed by atoms with Crippen molar-refractivity contribution in [2.24, 2.45) is 11.8 Å². The number of phenolic OH excluding ortho intramolecular Hbond substituents is 1. The molecule has 112 valence electrons. The second-order valence-electron chi connectivity index (χ2n) is 6.81. The average Bonchev–Trinajstić information content (AvgIpc) is 2.61. The smallest absolute Gasteiger partial charge is 0.118 e. The van der Waals surface area contributed by atoms with E-state index in [0.717, 1.165) is 23.0 Å². The van der Waals surface area contributed by atoms with E-state index in [1.807, 2.05) is 13.0 Å². The molecule has 1 aliphatic carbocycles. The zero-order valence-electron chi connectivity index (χ0n) is 13.4. The first-order valence-electron chi connectivity index (χ1n) is 8.04. The van der Waals surface area contributed by atoms with Crippen LogP contribution >= 0.6 is 0 Å². The quantitative estimate of drug-likeness (QED) is 0.599. The molecular formula is C18H29NO. The predicted octanol–water partition coefficient (Wildman–Crippen LogP) is 5.03. The van der Waals surface area contributed by atoms with Gasteiger partial charge in [0, 0.05) is 11.7 Å². The van der Waals surface area contributed by atoms with Crippen LogP contribution in [0.25, 0.3) is 0 Å². The zero-order chi connectivity index (χ0) is 14.7. The van der Waals surface area contributed by atoms with Crippen LogP contribution in [0.3, 0.4) is 0 Å². The molecule has 2 unspecified atom stereocenters. The van der Waals surface area contributed by atoms with Crippen LogP contribution < -0.4 is 5.32 Å². The molecule has 0 amide bonds. The highest BCUT2D eigenvalue weighted by Gasteiger charge is 2.21. The van der Waals surface area contributed by atoms with Gasteiger partial charge in [-0.05, 0) is 68.2 Å². The molecule has 2 heteroatoms. The van der Waals surface area contributed by atoms with Gasteiger partial charge in [-0.15, -0.1) is 0 Å². The molecule has 2 nitrogen and oxygen atoms in total. The fourth-order valence-electron chi connectivity index (χ4n) is 3.32. The normalized spacial score (nSPS) is 23.6. The number of nitrogens with one attached hydrogen (secondary N) is 1. The standard InChI is InChI=1S/C18H29NO/c1-12(2)15-6-5-7-16(9-8-15)19-17-10-14(4)18(20)11-13(17)3/h10-12,15-16,19-20H,5-9H2,1-4H3. The van der Waals surface area contributed by atoms with Gasteiger partial charge < -0.3 is 10.4 Å².